The highest BCUT2D eigenvalue weighted by molar-refractivity contribution is 6.29. The fourth-order valence-corrected chi connectivity index (χ4v) is 21.4. The summed E-state index contributed by atoms with van der Waals surface area (Å²) in [4.78, 5) is 15.6. The van der Waals surface area contributed by atoms with E-state index in [4.69, 9.17) is 15.0 Å². The molecule has 0 atom stereocenters. The van der Waals surface area contributed by atoms with Gasteiger partial charge in [-0.15, -0.1) is 0 Å². The van der Waals surface area contributed by atoms with Crippen LogP contribution in [0.4, 0.5) is 0 Å². The molecular weight excluding hydrogens is 1550 g/mol. The molecule has 6 nitrogen and oxygen atoms in total. The number of aromatic nitrogens is 6. The third-order valence-electron chi connectivity index (χ3n) is 27.4. The molecule has 0 amide bonds. The van der Waals surface area contributed by atoms with Crippen molar-refractivity contribution in [2.75, 3.05) is 0 Å². The van der Waals surface area contributed by atoms with Gasteiger partial charge in [-0.05, 0) is 262 Å². The van der Waals surface area contributed by atoms with Gasteiger partial charge in [0.15, 0.2) is 0 Å². The third kappa shape index (κ3) is 11.3. The van der Waals surface area contributed by atoms with E-state index < -0.39 is 0 Å². The van der Waals surface area contributed by atoms with Gasteiger partial charge in [0.25, 0.3) is 0 Å². The molecule has 1 aliphatic rings. The van der Waals surface area contributed by atoms with Gasteiger partial charge in [0.1, 0.15) is 16.9 Å². The Hall–Kier alpha value is -16.7. The summed E-state index contributed by atoms with van der Waals surface area (Å²) in [5.74, 6) is 0. The highest BCUT2D eigenvalue weighted by Gasteiger charge is 2.36. The van der Waals surface area contributed by atoms with E-state index in [1.807, 2.05) is 0 Å². The van der Waals surface area contributed by atoms with Gasteiger partial charge in [0.05, 0.1) is 49.7 Å². The second kappa shape index (κ2) is 28.7. The fraction of sp³-hybridized carbons (Fsp3) is 0.0246. The van der Waals surface area contributed by atoms with Crippen molar-refractivity contribution in [1.29, 1.82) is 0 Å². The lowest BCUT2D eigenvalue weighted by Crippen LogP contribution is -2.14. The summed E-state index contributed by atoms with van der Waals surface area (Å²) in [7, 11) is 0. The average Bonchev–Trinajstić information content (AvgIpc) is 1.52. The second-order valence-electron chi connectivity index (χ2n) is 34.8. The summed E-state index contributed by atoms with van der Waals surface area (Å²) in [6, 6.07) is 159. The number of fused-ring (bicyclic) bond motifs is 35. The maximum atomic E-state index is 5.23. The molecule has 28 rings (SSSR count). The molecular formula is C122H78N6. The molecule has 128 heavy (non-hydrogen) atoms. The van der Waals surface area contributed by atoms with E-state index >= 15 is 0 Å². The van der Waals surface area contributed by atoms with Crippen LogP contribution in [0.1, 0.15) is 25.0 Å². The molecule has 0 saturated heterocycles. The summed E-state index contributed by atoms with van der Waals surface area (Å²) in [5.41, 5.74) is 33.2. The lowest BCUT2D eigenvalue weighted by Gasteiger charge is -2.22. The monoisotopic (exact) mass is 1630 g/mol. The van der Waals surface area contributed by atoms with Crippen molar-refractivity contribution in [1.82, 2.24) is 28.2 Å². The molecule has 596 valence electrons. The minimum atomic E-state index is -0.0383. The Morgan fingerprint density at radius 2 is 0.484 bits per heavy atom. The summed E-state index contributed by atoms with van der Waals surface area (Å²) in [6.45, 7) is 4.71. The summed E-state index contributed by atoms with van der Waals surface area (Å²) in [5, 5.41) is 23.4. The first-order valence-corrected chi connectivity index (χ1v) is 44.2. The number of rotatable bonds is 6. The standard InChI is InChI=1S/C43H26N2.C41H26N2.C38H26N2/c1-2-10-28-23-29(18-17-27(28)9-1)30-19-20-32-25-33(22-21-31(32)24-30)37-26-38-35-12-5-7-15-40(35)45-41-16-8-6-14-39(41)44-43(45)42(38)36-13-4-3-11-34(36)37;1-3-11-27(12-4-1)29-19-21-30(22-20-29)34-26-36-35-25-31(28-13-5-2-6-14-28)23-24-38(35)43-39-18-10-9-17-37(39)42-41(43)40(36)33-16-8-7-15-32(33)34;1-38(2)31-15-7-5-12-25(31)26-20-19-23(21-32(26)38)29-22-30-27-13-6-9-17-34(27)40-35-18-10-8-16-33(35)39-37(40)36(30)28-14-4-3-11-24(28)29/h1-26H;1-26H;3-22H,1-2H3. The first-order valence-electron chi connectivity index (χ1n) is 44.2. The molecule has 0 aliphatic heterocycles. The lowest BCUT2D eigenvalue weighted by atomic mass is 9.81. The molecule has 1 aliphatic carbocycles. The number of pyridine rings is 3. The van der Waals surface area contributed by atoms with Gasteiger partial charge in [-0.3, -0.25) is 13.2 Å². The van der Waals surface area contributed by atoms with Crippen LogP contribution in [0.25, 0.3) is 247 Å². The van der Waals surface area contributed by atoms with Gasteiger partial charge >= 0.3 is 0 Å². The maximum Gasteiger partial charge on any atom is 0.147 e. The van der Waals surface area contributed by atoms with Crippen LogP contribution in [-0.4, -0.2) is 28.2 Å². The largest absolute Gasteiger partial charge is 0.292 e. The zero-order valence-electron chi connectivity index (χ0n) is 70.3. The van der Waals surface area contributed by atoms with Crippen LogP contribution >= 0.6 is 0 Å². The van der Waals surface area contributed by atoms with Crippen LogP contribution in [0.2, 0.25) is 0 Å². The summed E-state index contributed by atoms with van der Waals surface area (Å²) in [6.07, 6.45) is 0. The van der Waals surface area contributed by atoms with Gasteiger partial charge < -0.3 is 0 Å². The quantitative estimate of drug-likeness (QED) is 0.156. The summed E-state index contributed by atoms with van der Waals surface area (Å²) < 4.78 is 7.03. The third-order valence-corrected chi connectivity index (χ3v) is 27.4. The van der Waals surface area contributed by atoms with Crippen LogP contribution in [0.3, 0.4) is 0 Å². The van der Waals surface area contributed by atoms with E-state index in [9.17, 15) is 0 Å². The highest BCUT2D eigenvalue weighted by atomic mass is 15.0. The van der Waals surface area contributed by atoms with Crippen molar-refractivity contribution in [3.63, 3.8) is 0 Å². The number of hydrogen-bond donors (Lipinski definition) is 0. The van der Waals surface area contributed by atoms with Crippen molar-refractivity contribution in [2.45, 2.75) is 19.3 Å². The van der Waals surface area contributed by atoms with Crippen LogP contribution < -0.4 is 0 Å². The predicted molar refractivity (Wildman–Crippen MR) is 541 cm³/mol. The molecule has 21 aromatic carbocycles. The Bertz CT molecular complexity index is 9360. The molecule has 6 heterocycles. The summed E-state index contributed by atoms with van der Waals surface area (Å²) >= 11 is 0. The Morgan fingerprint density at radius 1 is 0.172 bits per heavy atom. The molecule has 6 aromatic heterocycles. The first-order chi connectivity index (χ1) is 63.2. The predicted octanol–water partition coefficient (Wildman–Crippen LogP) is 32.5. The van der Waals surface area contributed by atoms with E-state index in [0.717, 1.165) is 55.6 Å². The van der Waals surface area contributed by atoms with E-state index in [0.29, 0.717) is 0 Å². The molecule has 0 unspecified atom stereocenters. The Kier molecular flexibility index (Phi) is 16.4. The average molecular weight is 1630 g/mol. The van der Waals surface area contributed by atoms with Crippen molar-refractivity contribution < 1.29 is 0 Å². The first kappa shape index (κ1) is 72.9. The van der Waals surface area contributed by atoms with Crippen LogP contribution in [-0.2, 0) is 5.41 Å². The number of benzene rings is 21. The zero-order chi connectivity index (χ0) is 84.4. The van der Waals surface area contributed by atoms with E-state index in [2.05, 4.69) is 464 Å². The van der Waals surface area contributed by atoms with Crippen molar-refractivity contribution in [3.05, 3.63) is 448 Å². The number of hydrogen-bond acceptors (Lipinski definition) is 3. The maximum absolute atomic E-state index is 5.23. The second-order valence-corrected chi connectivity index (χ2v) is 34.8. The van der Waals surface area contributed by atoms with E-state index in [-0.39, 0.29) is 5.41 Å². The molecule has 0 fully saturated rings. The fourth-order valence-electron chi connectivity index (χ4n) is 21.4. The topological polar surface area (TPSA) is 51.9 Å². The van der Waals surface area contributed by atoms with Crippen LogP contribution in [0, 0.1) is 0 Å². The van der Waals surface area contributed by atoms with Crippen LogP contribution in [0.5, 0.6) is 0 Å². The number of imidazole rings is 3. The SMILES string of the molecule is CC1(C)c2ccccc2-c2ccc(-c3cc4c5ccccc5n5c6ccccc6nc5c4c4ccccc34)cc21.c1ccc(-c2ccc(-c3cc4c5cc(-c6ccccc6)ccc5n5c6ccccc6nc5c4c4ccccc34)cc2)cc1.c1ccc2cc(-c3ccc4cc(-c5cc6c7ccccc7n7c8ccccc8nc7c6c6ccccc56)ccc4c3)ccc2c1. The molecule has 6 heteroatoms. The molecule has 0 saturated carbocycles. The van der Waals surface area contributed by atoms with Crippen molar-refractivity contribution in [2.24, 2.45) is 0 Å². The Balaban J connectivity index is 0.000000102. The van der Waals surface area contributed by atoms with Gasteiger partial charge in [-0.1, -0.05) is 347 Å². The van der Waals surface area contributed by atoms with Gasteiger partial charge in [0, 0.05) is 37.7 Å². The highest BCUT2D eigenvalue weighted by Crippen LogP contribution is 2.52. The Labute approximate surface area is 737 Å². The minimum absolute atomic E-state index is 0.0383. The number of nitrogens with zero attached hydrogens (tertiary/aromatic N) is 6. The molecule has 0 spiro atoms. The Morgan fingerprint density at radius 3 is 1.00 bits per heavy atom. The molecule has 0 bridgehead atoms. The molecule has 0 N–H and O–H groups in total. The van der Waals surface area contributed by atoms with Crippen molar-refractivity contribution in [3.8, 4) is 77.9 Å². The normalized spacial score (nSPS) is 12.5. The van der Waals surface area contributed by atoms with E-state index in [1.54, 1.807) is 0 Å². The lowest BCUT2D eigenvalue weighted by molar-refractivity contribution is 0.660. The molecule has 27 aromatic rings. The van der Waals surface area contributed by atoms with Gasteiger partial charge in [-0.2, -0.15) is 0 Å². The van der Waals surface area contributed by atoms with Crippen LogP contribution in [0.15, 0.2) is 437 Å². The number of para-hydroxylation sites is 8. The van der Waals surface area contributed by atoms with Crippen molar-refractivity contribution >= 4 is 169 Å². The molecule has 0 radical (unpaired) electrons. The van der Waals surface area contributed by atoms with Gasteiger partial charge in [-0.25, -0.2) is 15.0 Å². The van der Waals surface area contributed by atoms with Gasteiger partial charge in [0.2, 0.25) is 0 Å². The smallest absolute Gasteiger partial charge is 0.147 e. The van der Waals surface area contributed by atoms with E-state index in [1.165, 1.54) is 202 Å². The minimum Gasteiger partial charge on any atom is -0.292 e. The zero-order valence-corrected chi connectivity index (χ0v) is 70.3.